The number of rotatable bonds is 2. The Hall–Kier alpha value is -1.13. The topological polar surface area (TPSA) is 45.6 Å². The van der Waals surface area contributed by atoms with Crippen molar-refractivity contribution >= 4 is 0 Å². The summed E-state index contributed by atoms with van der Waals surface area (Å²) in [5.74, 6) is 0.0504. The molecular weight excluding hydrogens is 192 g/mol. The van der Waals surface area contributed by atoms with Crippen LogP contribution in [0.25, 0.3) is 0 Å². The summed E-state index contributed by atoms with van der Waals surface area (Å²) in [6, 6.07) is 3.60. The number of aromatic hydroxyl groups is 1. The quantitative estimate of drug-likeness (QED) is 0.785. The maximum Gasteiger partial charge on any atom is 0.210 e. The van der Waals surface area contributed by atoms with E-state index in [0.717, 1.165) is 31.9 Å². The second-order valence-electron chi connectivity index (χ2n) is 3.61. The molecule has 1 saturated heterocycles. The zero-order valence-corrected chi connectivity index (χ0v) is 8.59. The van der Waals surface area contributed by atoms with Gasteiger partial charge in [-0.25, -0.2) is 4.98 Å². The Labute approximate surface area is 89.5 Å². The van der Waals surface area contributed by atoms with Crippen molar-refractivity contribution in [1.82, 2.24) is 9.88 Å². The Morgan fingerprint density at radius 1 is 1.47 bits per heavy atom. The van der Waals surface area contributed by atoms with Crippen molar-refractivity contribution in [3.8, 4) is 5.88 Å². The molecule has 0 aromatic carbocycles. The van der Waals surface area contributed by atoms with Crippen LogP contribution in [0.5, 0.6) is 5.88 Å². The molecule has 15 heavy (non-hydrogen) atoms. The van der Waals surface area contributed by atoms with Gasteiger partial charge in [0.2, 0.25) is 5.88 Å². The number of ether oxygens (including phenoxy) is 1. The lowest BCUT2D eigenvalue weighted by Gasteiger charge is -2.32. The lowest BCUT2D eigenvalue weighted by molar-refractivity contribution is 0.0247. The molecule has 1 N–H and O–H groups in total. The molecule has 2 rings (SSSR count). The molecule has 1 aromatic rings. The second-order valence-corrected chi connectivity index (χ2v) is 3.61. The van der Waals surface area contributed by atoms with Crippen LogP contribution in [-0.4, -0.2) is 41.3 Å². The van der Waals surface area contributed by atoms with Crippen LogP contribution in [0.2, 0.25) is 0 Å². The third kappa shape index (κ3) is 2.46. The highest BCUT2D eigenvalue weighted by atomic mass is 16.5. The number of nitrogens with zero attached hydrogens (tertiary/aromatic N) is 2. The first-order valence-corrected chi connectivity index (χ1v) is 5.07. The van der Waals surface area contributed by atoms with Gasteiger partial charge in [0.05, 0.1) is 13.2 Å². The van der Waals surface area contributed by atoms with Crippen molar-refractivity contribution in [1.29, 1.82) is 0 Å². The van der Waals surface area contributed by atoms with Crippen LogP contribution in [-0.2, 0) is 4.74 Å². The summed E-state index contributed by atoms with van der Waals surface area (Å²) in [5, 5.41) is 9.28. The fourth-order valence-electron chi connectivity index (χ4n) is 1.74. The largest absolute Gasteiger partial charge is 0.493 e. The summed E-state index contributed by atoms with van der Waals surface area (Å²) in [6.45, 7) is 7.38. The van der Waals surface area contributed by atoms with E-state index in [4.69, 9.17) is 4.74 Å². The van der Waals surface area contributed by atoms with Gasteiger partial charge in [0, 0.05) is 31.4 Å². The van der Waals surface area contributed by atoms with Crippen LogP contribution in [0, 0.1) is 6.92 Å². The number of hydrogen-bond donors (Lipinski definition) is 1. The highest BCUT2D eigenvalue weighted by Gasteiger charge is 2.18. The van der Waals surface area contributed by atoms with Crippen LogP contribution < -0.4 is 0 Å². The lowest BCUT2D eigenvalue weighted by atomic mass is 10.1. The molecular formula is C11H15N2O2. The average molecular weight is 207 g/mol. The molecule has 1 aliphatic heterocycles. The minimum absolute atomic E-state index is 0.0504. The van der Waals surface area contributed by atoms with E-state index in [9.17, 15) is 5.11 Å². The maximum absolute atomic E-state index is 9.28. The molecule has 4 nitrogen and oxygen atoms in total. The molecule has 1 atom stereocenters. The van der Waals surface area contributed by atoms with Crippen molar-refractivity contribution in [3.05, 3.63) is 30.8 Å². The third-order valence-corrected chi connectivity index (χ3v) is 2.64. The Bertz CT molecular complexity index is 324. The molecule has 0 saturated carbocycles. The van der Waals surface area contributed by atoms with E-state index in [1.54, 1.807) is 12.3 Å². The number of morpholine rings is 1. The van der Waals surface area contributed by atoms with Gasteiger partial charge in [-0.3, -0.25) is 4.90 Å². The highest BCUT2D eigenvalue weighted by Crippen LogP contribution is 2.22. The van der Waals surface area contributed by atoms with Gasteiger partial charge in [0.1, 0.15) is 0 Å². The average Bonchev–Trinajstić information content (AvgIpc) is 2.29. The summed E-state index contributed by atoms with van der Waals surface area (Å²) < 4.78 is 5.28. The van der Waals surface area contributed by atoms with E-state index >= 15 is 0 Å². The monoisotopic (exact) mass is 207 g/mol. The Kier molecular flexibility index (Phi) is 3.18. The van der Waals surface area contributed by atoms with Gasteiger partial charge in [-0.05, 0) is 18.6 Å². The van der Waals surface area contributed by atoms with Gasteiger partial charge in [0.15, 0.2) is 0 Å². The standard InChI is InChI=1S/C11H15N2O2/c1-9(13-4-6-15-7-5-13)10-2-3-12-11(14)8-10/h2-3,8-9H,1,4-7H2,(H,12,14). The summed E-state index contributed by atoms with van der Waals surface area (Å²) >= 11 is 0. The smallest absolute Gasteiger partial charge is 0.210 e. The normalized spacial score (nSPS) is 20.1. The van der Waals surface area contributed by atoms with E-state index < -0.39 is 0 Å². The lowest BCUT2D eigenvalue weighted by Crippen LogP contribution is -2.38. The molecule has 0 aliphatic carbocycles. The van der Waals surface area contributed by atoms with E-state index in [1.165, 1.54) is 0 Å². The van der Waals surface area contributed by atoms with Crippen LogP contribution in [0.3, 0.4) is 0 Å². The van der Waals surface area contributed by atoms with E-state index in [-0.39, 0.29) is 11.9 Å². The number of hydrogen-bond acceptors (Lipinski definition) is 4. The molecule has 1 aromatic heterocycles. The fourth-order valence-corrected chi connectivity index (χ4v) is 1.74. The maximum atomic E-state index is 9.28. The predicted molar refractivity (Wildman–Crippen MR) is 56.4 cm³/mol. The minimum Gasteiger partial charge on any atom is -0.493 e. The first kappa shape index (κ1) is 10.4. The first-order chi connectivity index (χ1) is 7.27. The van der Waals surface area contributed by atoms with Gasteiger partial charge < -0.3 is 9.84 Å². The van der Waals surface area contributed by atoms with Crippen molar-refractivity contribution in [2.45, 2.75) is 6.04 Å². The summed E-state index contributed by atoms with van der Waals surface area (Å²) in [5.41, 5.74) is 0.990. The van der Waals surface area contributed by atoms with Crippen LogP contribution in [0.1, 0.15) is 11.6 Å². The van der Waals surface area contributed by atoms with E-state index in [1.807, 2.05) is 6.07 Å². The van der Waals surface area contributed by atoms with Gasteiger partial charge >= 0.3 is 0 Å². The van der Waals surface area contributed by atoms with Gasteiger partial charge in [-0.15, -0.1) is 0 Å². The van der Waals surface area contributed by atoms with Gasteiger partial charge in [-0.2, -0.15) is 0 Å². The number of pyridine rings is 1. The van der Waals surface area contributed by atoms with Crippen LogP contribution >= 0.6 is 0 Å². The zero-order valence-electron chi connectivity index (χ0n) is 8.59. The minimum atomic E-state index is 0.0504. The highest BCUT2D eigenvalue weighted by molar-refractivity contribution is 5.23. The Balaban J connectivity index is 2.08. The fraction of sp³-hybridized carbons (Fsp3) is 0.455. The van der Waals surface area contributed by atoms with E-state index in [0.29, 0.717) is 0 Å². The first-order valence-electron chi connectivity index (χ1n) is 5.07. The van der Waals surface area contributed by atoms with Crippen molar-refractivity contribution in [2.75, 3.05) is 26.3 Å². The Morgan fingerprint density at radius 3 is 2.87 bits per heavy atom. The SMILES string of the molecule is [CH2]C(c1ccnc(O)c1)N1CCOCC1. The summed E-state index contributed by atoms with van der Waals surface area (Å²) in [4.78, 5) is 5.99. The second kappa shape index (κ2) is 4.59. The molecule has 0 amide bonds. The van der Waals surface area contributed by atoms with Crippen molar-refractivity contribution < 1.29 is 9.84 Å². The van der Waals surface area contributed by atoms with Crippen LogP contribution in [0.4, 0.5) is 0 Å². The molecule has 1 fully saturated rings. The van der Waals surface area contributed by atoms with E-state index in [2.05, 4.69) is 16.8 Å². The van der Waals surface area contributed by atoms with Gasteiger partial charge in [-0.1, -0.05) is 0 Å². The van der Waals surface area contributed by atoms with Crippen molar-refractivity contribution in [3.63, 3.8) is 0 Å². The molecule has 0 bridgehead atoms. The molecule has 1 radical (unpaired) electrons. The predicted octanol–water partition coefficient (Wildman–Crippen LogP) is 0.995. The zero-order chi connectivity index (χ0) is 10.7. The van der Waals surface area contributed by atoms with Crippen molar-refractivity contribution in [2.24, 2.45) is 0 Å². The third-order valence-electron chi connectivity index (χ3n) is 2.64. The molecule has 2 heterocycles. The molecule has 81 valence electrons. The summed E-state index contributed by atoms with van der Waals surface area (Å²) in [7, 11) is 0. The molecule has 1 aliphatic rings. The molecule has 4 heteroatoms. The molecule has 1 unspecified atom stereocenters. The summed E-state index contributed by atoms with van der Waals surface area (Å²) in [6.07, 6.45) is 1.60. The van der Waals surface area contributed by atoms with Gasteiger partial charge in [0.25, 0.3) is 0 Å². The Morgan fingerprint density at radius 2 is 2.20 bits per heavy atom. The van der Waals surface area contributed by atoms with Crippen LogP contribution in [0.15, 0.2) is 18.3 Å². The molecule has 0 spiro atoms. The number of aromatic nitrogens is 1.